The molecule has 1 aromatic rings. The van der Waals surface area contributed by atoms with Gasteiger partial charge in [0.15, 0.2) is 0 Å². The Balaban J connectivity index is 2.58. The SMILES string of the molecule is CN(N)C[C@@H](O)COc1cccc(C(F)(F)F)c1. The van der Waals surface area contributed by atoms with Gasteiger partial charge < -0.3 is 9.84 Å². The summed E-state index contributed by atoms with van der Waals surface area (Å²) in [5.41, 5.74) is -0.787. The molecule has 0 radical (unpaired) electrons. The highest BCUT2D eigenvalue weighted by molar-refractivity contribution is 5.30. The van der Waals surface area contributed by atoms with Crippen LogP contribution in [0.5, 0.6) is 5.75 Å². The molecule has 7 heteroatoms. The van der Waals surface area contributed by atoms with Crippen molar-refractivity contribution in [2.24, 2.45) is 5.84 Å². The summed E-state index contributed by atoms with van der Waals surface area (Å²) in [6.07, 6.45) is -5.27. The van der Waals surface area contributed by atoms with Crippen LogP contribution in [0.2, 0.25) is 0 Å². The highest BCUT2D eigenvalue weighted by Gasteiger charge is 2.30. The Kier molecular flexibility index (Phi) is 4.94. The second kappa shape index (κ2) is 6.03. The average Bonchev–Trinajstić information content (AvgIpc) is 2.25. The summed E-state index contributed by atoms with van der Waals surface area (Å²) in [5, 5.41) is 10.7. The standard InChI is InChI=1S/C11H15F3N2O2/c1-16(15)6-9(17)7-18-10-4-2-3-8(5-10)11(12,13)14/h2-5,9,17H,6-7,15H2,1H3/t9-/m1/s1. The molecule has 18 heavy (non-hydrogen) atoms. The number of ether oxygens (including phenoxy) is 1. The van der Waals surface area contributed by atoms with Crippen molar-refractivity contribution in [1.29, 1.82) is 0 Å². The highest BCUT2D eigenvalue weighted by atomic mass is 19.4. The molecule has 3 N–H and O–H groups in total. The van der Waals surface area contributed by atoms with E-state index < -0.39 is 17.8 Å². The van der Waals surface area contributed by atoms with Crippen LogP contribution in [0.1, 0.15) is 5.56 Å². The van der Waals surface area contributed by atoms with Gasteiger partial charge in [-0.15, -0.1) is 0 Å². The number of nitrogens with zero attached hydrogens (tertiary/aromatic N) is 1. The summed E-state index contributed by atoms with van der Waals surface area (Å²) in [7, 11) is 1.56. The quantitative estimate of drug-likeness (QED) is 0.621. The first-order valence-corrected chi connectivity index (χ1v) is 5.23. The van der Waals surface area contributed by atoms with Crippen LogP contribution in [0, 0.1) is 0 Å². The van der Waals surface area contributed by atoms with Gasteiger partial charge >= 0.3 is 6.18 Å². The number of hydrazine groups is 1. The van der Waals surface area contributed by atoms with Gasteiger partial charge in [-0.2, -0.15) is 13.2 Å². The third-order valence-corrected chi connectivity index (χ3v) is 2.10. The van der Waals surface area contributed by atoms with Crippen molar-refractivity contribution >= 4 is 0 Å². The molecule has 1 rings (SSSR count). The normalized spacial score (nSPS) is 13.7. The fourth-order valence-electron chi connectivity index (χ4n) is 1.34. The van der Waals surface area contributed by atoms with Crippen LogP contribution in [-0.2, 0) is 6.18 Å². The van der Waals surface area contributed by atoms with Crippen molar-refractivity contribution in [1.82, 2.24) is 5.01 Å². The Labute approximate surface area is 103 Å². The summed E-state index contributed by atoms with van der Waals surface area (Å²) in [6.45, 7) is 0.0435. The molecule has 0 bridgehead atoms. The lowest BCUT2D eigenvalue weighted by molar-refractivity contribution is -0.137. The Bertz CT molecular complexity index is 383. The van der Waals surface area contributed by atoms with Gasteiger partial charge in [0.25, 0.3) is 0 Å². The monoisotopic (exact) mass is 264 g/mol. The predicted octanol–water partition coefficient (Wildman–Crippen LogP) is 1.25. The fourth-order valence-corrected chi connectivity index (χ4v) is 1.34. The predicted molar refractivity (Wildman–Crippen MR) is 59.8 cm³/mol. The van der Waals surface area contributed by atoms with E-state index in [1.165, 1.54) is 17.1 Å². The maximum atomic E-state index is 12.4. The minimum atomic E-state index is -4.41. The first-order valence-electron chi connectivity index (χ1n) is 5.23. The molecule has 0 saturated carbocycles. The van der Waals surface area contributed by atoms with Crippen LogP contribution in [0.3, 0.4) is 0 Å². The highest BCUT2D eigenvalue weighted by Crippen LogP contribution is 2.31. The number of hydrogen-bond donors (Lipinski definition) is 2. The van der Waals surface area contributed by atoms with Gasteiger partial charge in [-0.3, -0.25) is 5.84 Å². The summed E-state index contributed by atoms with van der Waals surface area (Å²) in [5.74, 6) is 5.37. The first-order chi connectivity index (χ1) is 8.29. The smallest absolute Gasteiger partial charge is 0.416 e. The molecule has 4 nitrogen and oxygen atoms in total. The first kappa shape index (κ1) is 14.7. The van der Waals surface area contributed by atoms with Gasteiger partial charge in [-0.05, 0) is 18.2 Å². The summed E-state index contributed by atoms with van der Waals surface area (Å²) in [4.78, 5) is 0. The number of aliphatic hydroxyl groups is 1. The lowest BCUT2D eigenvalue weighted by Gasteiger charge is -2.16. The van der Waals surface area contributed by atoms with Crippen molar-refractivity contribution in [3.63, 3.8) is 0 Å². The van der Waals surface area contributed by atoms with Gasteiger partial charge in [0.2, 0.25) is 0 Å². The maximum Gasteiger partial charge on any atom is 0.416 e. The van der Waals surface area contributed by atoms with E-state index in [-0.39, 0.29) is 18.9 Å². The molecule has 0 heterocycles. The maximum absolute atomic E-state index is 12.4. The van der Waals surface area contributed by atoms with Crippen LogP contribution in [-0.4, -0.2) is 36.4 Å². The molecule has 1 aromatic carbocycles. The summed E-state index contributed by atoms with van der Waals surface area (Å²) >= 11 is 0. The number of likely N-dealkylation sites (N-methyl/N-ethyl adjacent to an activating group) is 1. The zero-order valence-electron chi connectivity index (χ0n) is 9.81. The van der Waals surface area contributed by atoms with Gasteiger partial charge in [-0.1, -0.05) is 6.07 Å². The molecule has 0 fully saturated rings. The summed E-state index contributed by atoms with van der Waals surface area (Å²) < 4.78 is 42.3. The van der Waals surface area contributed by atoms with Crippen molar-refractivity contribution in [2.45, 2.75) is 12.3 Å². The van der Waals surface area contributed by atoms with E-state index in [2.05, 4.69) is 0 Å². The number of alkyl halides is 3. The third kappa shape index (κ3) is 4.91. The van der Waals surface area contributed by atoms with Crippen LogP contribution < -0.4 is 10.6 Å². The molecule has 0 saturated heterocycles. The second-order valence-electron chi connectivity index (χ2n) is 3.93. The zero-order chi connectivity index (χ0) is 13.8. The molecule has 0 aliphatic carbocycles. The van der Waals surface area contributed by atoms with Crippen LogP contribution in [0.15, 0.2) is 24.3 Å². The summed E-state index contributed by atoms with van der Waals surface area (Å²) in [6, 6.07) is 4.49. The van der Waals surface area contributed by atoms with E-state index in [4.69, 9.17) is 10.6 Å². The topological polar surface area (TPSA) is 58.7 Å². The number of rotatable bonds is 5. The lowest BCUT2D eigenvalue weighted by atomic mass is 10.2. The third-order valence-electron chi connectivity index (χ3n) is 2.10. The number of nitrogens with two attached hydrogens (primary N) is 1. The van der Waals surface area contributed by atoms with Crippen molar-refractivity contribution in [3.05, 3.63) is 29.8 Å². The molecule has 0 aliphatic heterocycles. The van der Waals surface area contributed by atoms with E-state index in [0.29, 0.717) is 0 Å². The molecule has 0 aromatic heterocycles. The Morgan fingerprint density at radius 3 is 2.67 bits per heavy atom. The molecule has 1 atom stereocenters. The number of hydrogen-bond acceptors (Lipinski definition) is 4. The second-order valence-corrected chi connectivity index (χ2v) is 3.93. The average molecular weight is 264 g/mol. The number of aliphatic hydroxyl groups excluding tert-OH is 1. The van der Waals surface area contributed by atoms with E-state index >= 15 is 0 Å². The van der Waals surface area contributed by atoms with E-state index in [1.807, 2.05) is 0 Å². The van der Waals surface area contributed by atoms with E-state index in [0.717, 1.165) is 12.1 Å². The van der Waals surface area contributed by atoms with Crippen molar-refractivity contribution < 1.29 is 23.0 Å². The largest absolute Gasteiger partial charge is 0.491 e. The van der Waals surface area contributed by atoms with Crippen LogP contribution >= 0.6 is 0 Å². The van der Waals surface area contributed by atoms with Crippen LogP contribution in [0.4, 0.5) is 13.2 Å². The Morgan fingerprint density at radius 2 is 2.11 bits per heavy atom. The van der Waals surface area contributed by atoms with Gasteiger partial charge in [0, 0.05) is 13.6 Å². The molecular weight excluding hydrogens is 249 g/mol. The van der Waals surface area contributed by atoms with Crippen molar-refractivity contribution in [3.8, 4) is 5.75 Å². The molecular formula is C11H15F3N2O2. The van der Waals surface area contributed by atoms with E-state index in [9.17, 15) is 18.3 Å². The van der Waals surface area contributed by atoms with E-state index in [1.54, 1.807) is 7.05 Å². The molecule has 102 valence electrons. The van der Waals surface area contributed by atoms with Gasteiger partial charge in [0.1, 0.15) is 18.5 Å². The lowest BCUT2D eigenvalue weighted by Crippen LogP contribution is -2.37. The fraction of sp³-hybridized carbons (Fsp3) is 0.455. The number of halogens is 3. The Morgan fingerprint density at radius 1 is 1.44 bits per heavy atom. The molecule has 0 aliphatic rings. The van der Waals surface area contributed by atoms with Crippen molar-refractivity contribution in [2.75, 3.05) is 20.2 Å². The van der Waals surface area contributed by atoms with Crippen LogP contribution in [0.25, 0.3) is 0 Å². The molecule has 0 unspecified atom stereocenters. The van der Waals surface area contributed by atoms with Gasteiger partial charge in [0.05, 0.1) is 5.56 Å². The molecule has 0 spiro atoms. The zero-order valence-corrected chi connectivity index (χ0v) is 9.81. The molecule has 0 amide bonds. The van der Waals surface area contributed by atoms with Gasteiger partial charge in [-0.25, -0.2) is 5.01 Å². The minimum Gasteiger partial charge on any atom is -0.491 e. The number of benzene rings is 1. The minimum absolute atomic E-state index is 0.0588. The Hall–Kier alpha value is -1.31.